The minimum Gasteiger partial charge on any atom is -0.0797 e. The minimum absolute atomic E-state index is 0.107. The maximum absolute atomic E-state index is 3.95. The molecule has 0 saturated carbocycles. The third-order valence-electron chi connectivity index (χ3n) is 3.98. The van der Waals surface area contributed by atoms with Gasteiger partial charge in [-0.2, -0.15) is 0 Å². The van der Waals surface area contributed by atoms with E-state index in [9.17, 15) is 0 Å². The Hall–Kier alpha value is 0.620. The van der Waals surface area contributed by atoms with Crippen LogP contribution in [0.15, 0.2) is 42.8 Å². The van der Waals surface area contributed by atoms with Crippen molar-refractivity contribution in [2.75, 3.05) is 0 Å². The predicted molar refractivity (Wildman–Crippen MR) is 102 cm³/mol. The van der Waals surface area contributed by atoms with E-state index in [2.05, 4.69) is 110 Å². The van der Waals surface area contributed by atoms with E-state index >= 15 is 0 Å². The molecule has 0 nitrogen and oxygen atoms in total. The van der Waals surface area contributed by atoms with Crippen molar-refractivity contribution in [3.05, 3.63) is 53.9 Å². The van der Waals surface area contributed by atoms with Gasteiger partial charge in [0.05, 0.1) is 4.32 Å². The summed E-state index contributed by atoms with van der Waals surface area (Å²) in [6.45, 7) is 8.70. The van der Waals surface area contributed by atoms with Crippen LogP contribution in [0.1, 0.15) is 37.8 Å². The zero-order chi connectivity index (χ0) is 15.2. The van der Waals surface area contributed by atoms with Gasteiger partial charge in [-0.15, -0.1) is 0 Å². The summed E-state index contributed by atoms with van der Waals surface area (Å²) >= 11 is 15.3. The summed E-state index contributed by atoms with van der Waals surface area (Å²) in [5, 5.41) is 0. The normalized spacial score (nSPS) is 26.8. The number of halogens is 4. The average Bonchev–Trinajstić information content (AvgIpc) is 2.36. The summed E-state index contributed by atoms with van der Waals surface area (Å²) in [6, 6.07) is 4.25. The first kappa shape index (κ1) is 17.0. The molecule has 1 aromatic rings. The third-order valence-corrected chi connectivity index (χ3v) is 7.90. The van der Waals surface area contributed by atoms with E-state index in [-0.39, 0.29) is 10.2 Å². The lowest BCUT2D eigenvalue weighted by Crippen LogP contribution is -2.31. The highest BCUT2D eigenvalue weighted by Gasteiger charge is 2.41. The zero-order valence-electron chi connectivity index (χ0n) is 11.8. The first-order valence-corrected chi connectivity index (χ1v) is 9.53. The van der Waals surface area contributed by atoms with Gasteiger partial charge < -0.3 is 0 Å². The fourth-order valence-electron chi connectivity index (χ4n) is 2.57. The van der Waals surface area contributed by atoms with Crippen LogP contribution in [0.5, 0.6) is 0 Å². The monoisotopic (exact) mass is 524 g/mol. The van der Waals surface area contributed by atoms with E-state index in [0.717, 1.165) is 4.47 Å². The smallest absolute Gasteiger partial charge is 0.0553 e. The largest absolute Gasteiger partial charge is 0.0797 e. The first-order chi connectivity index (χ1) is 9.17. The second-order valence-electron chi connectivity index (χ2n) is 5.46. The SMILES string of the molecule is CC1=CC(C)=C(Br)C(c2c(Br)ccc(C)c2Br)C1(C)Br. The van der Waals surface area contributed by atoms with E-state index in [0.29, 0.717) is 0 Å². The lowest BCUT2D eigenvalue weighted by molar-refractivity contribution is 0.648. The first-order valence-electron chi connectivity index (χ1n) is 6.36. The van der Waals surface area contributed by atoms with Gasteiger partial charge in [0.25, 0.3) is 0 Å². The Morgan fingerprint density at radius 2 is 1.65 bits per heavy atom. The van der Waals surface area contributed by atoms with E-state index in [4.69, 9.17) is 0 Å². The van der Waals surface area contributed by atoms with Crippen molar-refractivity contribution < 1.29 is 0 Å². The summed E-state index contributed by atoms with van der Waals surface area (Å²) in [5.74, 6) is 0.233. The molecule has 0 amide bonds. The molecule has 2 atom stereocenters. The quantitative estimate of drug-likeness (QED) is 0.334. The topological polar surface area (TPSA) is 0 Å². The van der Waals surface area contributed by atoms with Gasteiger partial charge >= 0.3 is 0 Å². The molecule has 2 unspecified atom stereocenters. The molecule has 0 spiro atoms. The van der Waals surface area contributed by atoms with Crippen molar-refractivity contribution in [3.8, 4) is 0 Å². The summed E-state index contributed by atoms with van der Waals surface area (Å²) in [5.41, 5.74) is 5.15. The van der Waals surface area contributed by atoms with Crippen LogP contribution in [0, 0.1) is 6.92 Å². The highest BCUT2D eigenvalue weighted by molar-refractivity contribution is 9.12. The van der Waals surface area contributed by atoms with Crippen molar-refractivity contribution in [3.63, 3.8) is 0 Å². The molecule has 20 heavy (non-hydrogen) atoms. The Kier molecular flexibility index (Phi) is 5.11. The van der Waals surface area contributed by atoms with Gasteiger partial charge in [-0.3, -0.25) is 0 Å². The molecule has 0 fully saturated rings. The molecular formula is C16H16Br4. The maximum Gasteiger partial charge on any atom is 0.0553 e. The summed E-state index contributed by atoms with van der Waals surface area (Å²) in [7, 11) is 0. The number of hydrogen-bond acceptors (Lipinski definition) is 0. The summed E-state index contributed by atoms with van der Waals surface area (Å²) in [6.07, 6.45) is 2.24. The van der Waals surface area contributed by atoms with Gasteiger partial charge in [0, 0.05) is 19.3 Å². The lowest BCUT2D eigenvalue weighted by atomic mass is 9.77. The molecule has 0 bridgehead atoms. The molecule has 1 aliphatic carbocycles. The van der Waals surface area contributed by atoms with Crippen molar-refractivity contribution in [2.45, 2.75) is 37.9 Å². The van der Waals surface area contributed by atoms with Crippen LogP contribution in [0.25, 0.3) is 0 Å². The molecule has 0 saturated heterocycles. The molecule has 0 heterocycles. The molecule has 4 heteroatoms. The highest BCUT2D eigenvalue weighted by Crippen LogP contribution is 2.54. The molecule has 1 aromatic carbocycles. The van der Waals surface area contributed by atoms with E-state index in [1.54, 1.807) is 0 Å². The number of hydrogen-bond donors (Lipinski definition) is 0. The van der Waals surface area contributed by atoms with Crippen LogP contribution >= 0.6 is 63.7 Å². The van der Waals surface area contributed by atoms with Gasteiger partial charge in [0.2, 0.25) is 0 Å². The van der Waals surface area contributed by atoms with Crippen LogP contribution in [0.2, 0.25) is 0 Å². The van der Waals surface area contributed by atoms with E-state index < -0.39 is 0 Å². The third kappa shape index (κ3) is 2.78. The Labute approximate surface area is 154 Å². The molecule has 108 valence electrons. The van der Waals surface area contributed by atoms with Crippen molar-refractivity contribution in [2.24, 2.45) is 0 Å². The predicted octanol–water partition coefficient (Wildman–Crippen LogP) is 7.39. The molecule has 0 radical (unpaired) electrons. The number of benzene rings is 1. The lowest BCUT2D eigenvalue weighted by Gasteiger charge is -2.39. The highest BCUT2D eigenvalue weighted by atomic mass is 79.9. The molecule has 0 N–H and O–H groups in total. The Morgan fingerprint density at radius 1 is 1.05 bits per heavy atom. The molecule has 1 aliphatic rings. The van der Waals surface area contributed by atoms with Crippen LogP contribution in [-0.2, 0) is 0 Å². The number of rotatable bonds is 1. The van der Waals surface area contributed by atoms with Crippen molar-refractivity contribution >= 4 is 63.7 Å². The van der Waals surface area contributed by atoms with Gasteiger partial charge in [0.1, 0.15) is 0 Å². The van der Waals surface area contributed by atoms with Crippen LogP contribution in [0.3, 0.4) is 0 Å². The Bertz CT molecular complexity index is 624. The number of allylic oxidation sites excluding steroid dienone is 4. The van der Waals surface area contributed by atoms with Gasteiger partial charge in [-0.1, -0.05) is 81.4 Å². The van der Waals surface area contributed by atoms with Crippen molar-refractivity contribution in [1.82, 2.24) is 0 Å². The van der Waals surface area contributed by atoms with Gasteiger partial charge in [-0.25, -0.2) is 0 Å². The maximum atomic E-state index is 3.95. The van der Waals surface area contributed by atoms with Gasteiger partial charge in [-0.05, 0) is 50.5 Å². The Balaban J connectivity index is 2.75. The molecular weight excluding hydrogens is 512 g/mol. The average molecular weight is 528 g/mol. The van der Waals surface area contributed by atoms with Crippen LogP contribution in [-0.4, -0.2) is 4.32 Å². The summed E-state index contributed by atoms with van der Waals surface area (Å²) in [4.78, 5) is 0. The Morgan fingerprint density at radius 3 is 2.25 bits per heavy atom. The number of alkyl halides is 1. The van der Waals surface area contributed by atoms with Gasteiger partial charge in [0.15, 0.2) is 0 Å². The molecule has 0 aromatic heterocycles. The molecule has 2 rings (SSSR count). The van der Waals surface area contributed by atoms with E-state index in [1.165, 1.54) is 31.2 Å². The van der Waals surface area contributed by atoms with E-state index in [1.807, 2.05) is 0 Å². The van der Waals surface area contributed by atoms with Crippen molar-refractivity contribution in [1.29, 1.82) is 0 Å². The second kappa shape index (κ2) is 6.02. The standard InChI is InChI=1S/C16H16Br4/c1-8-5-6-11(17)12(14(8)18)13-15(19)9(2)7-10(3)16(13,4)20/h5-7,13H,1-4H3. The summed E-state index contributed by atoms with van der Waals surface area (Å²) < 4.78 is 3.42. The zero-order valence-corrected chi connectivity index (χ0v) is 18.2. The second-order valence-corrected chi connectivity index (χ2v) is 9.61. The molecule has 0 aliphatic heterocycles. The van der Waals surface area contributed by atoms with Crippen LogP contribution in [0.4, 0.5) is 0 Å². The minimum atomic E-state index is -0.107. The van der Waals surface area contributed by atoms with Crippen LogP contribution < -0.4 is 0 Å². The fourth-order valence-corrected chi connectivity index (χ4v) is 5.65. The number of aryl methyl sites for hydroxylation is 1. The fraction of sp³-hybridized carbons (Fsp3) is 0.375.